The van der Waals surface area contributed by atoms with Crippen LogP contribution in [0.1, 0.15) is 24.5 Å². The van der Waals surface area contributed by atoms with Crippen LogP contribution in [0.15, 0.2) is 23.2 Å². The molecule has 3 N–H and O–H groups in total. The molecule has 0 aromatic heterocycles. The molecule has 1 aromatic rings. The van der Waals surface area contributed by atoms with E-state index >= 15 is 0 Å². The minimum atomic E-state index is -0.750. The molecule has 1 aromatic carbocycles. The molecule has 1 unspecified atom stereocenters. The quantitative estimate of drug-likeness (QED) is 0.416. The first-order valence-electron chi connectivity index (χ1n) is 6.99. The summed E-state index contributed by atoms with van der Waals surface area (Å²) in [4.78, 5) is 6.22. The predicted molar refractivity (Wildman–Crippen MR) is 97.2 cm³/mol. The van der Waals surface area contributed by atoms with Crippen molar-refractivity contribution >= 4 is 29.9 Å². The van der Waals surface area contributed by atoms with Gasteiger partial charge in [-0.05, 0) is 30.5 Å². The van der Waals surface area contributed by atoms with E-state index in [-0.39, 0.29) is 30.5 Å². The number of hydrogen-bond acceptors (Lipinski definition) is 4. The van der Waals surface area contributed by atoms with Crippen molar-refractivity contribution in [2.45, 2.75) is 25.0 Å². The lowest BCUT2D eigenvalue weighted by atomic mass is 10.1. The molecule has 1 aliphatic carbocycles. The predicted octanol–water partition coefficient (Wildman–Crippen LogP) is 1.76. The lowest BCUT2D eigenvalue weighted by Crippen LogP contribution is -2.36. The third kappa shape index (κ3) is 4.91. The standard InChI is InChI=1S/C15H23N3O3.HI/c1-18(11-4-5-11)15(16)17-9-14(19)10-6-12(20-2)8-13(7-10)21-3;/h6-8,11,14,19H,4-5,9H2,1-3H3,(H2,16,17);1H. The summed E-state index contributed by atoms with van der Waals surface area (Å²) in [6, 6.07) is 5.80. The van der Waals surface area contributed by atoms with Crippen LogP contribution in [0.25, 0.3) is 0 Å². The number of aliphatic hydroxyl groups excluding tert-OH is 1. The van der Waals surface area contributed by atoms with E-state index in [1.807, 2.05) is 11.9 Å². The van der Waals surface area contributed by atoms with E-state index in [2.05, 4.69) is 4.99 Å². The van der Waals surface area contributed by atoms with Gasteiger partial charge in [0.1, 0.15) is 11.5 Å². The summed E-state index contributed by atoms with van der Waals surface area (Å²) < 4.78 is 10.4. The number of hydrogen-bond donors (Lipinski definition) is 2. The van der Waals surface area contributed by atoms with Gasteiger partial charge in [0, 0.05) is 19.2 Å². The smallest absolute Gasteiger partial charge is 0.191 e. The third-order valence-electron chi connectivity index (χ3n) is 3.64. The number of nitrogens with zero attached hydrogens (tertiary/aromatic N) is 2. The topological polar surface area (TPSA) is 80.3 Å². The highest BCUT2D eigenvalue weighted by atomic mass is 127. The summed E-state index contributed by atoms with van der Waals surface area (Å²) in [6.07, 6.45) is 1.56. The number of guanidine groups is 1. The Labute approximate surface area is 148 Å². The highest BCUT2D eigenvalue weighted by Gasteiger charge is 2.27. The molecule has 0 radical (unpaired) electrons. The molecule has 6 nitrogen and oxygen atoms in total. The molecule has 0 amide bonds. The Morgan fingerprint density at radius 2 is 1.86 bits per heavy atom. The van der Waals surface area contributed by atoms with Gasteiger partial charge in [-0.15, -0.1) is 24.0 Å². The largest absolute Gasteiger partial charge is 0.497 e. The molecule has 1 saturated carbocycles. The first-order valence-corrected chi connectivity index (χ1v) is 6.99. The zero-order valence-corrected chi connectivity index (χ0v) is 15.5. The summed E-state index contributed by atoms with van der Waals surface area (Å²) in [7, 11) is 5.08. The minimum absolute atomic E-state index is 0. The van der Waals surface area contributed by atoms with Crippen molar-refractivity contribution in [3.05, 3.63) is 23.8 Å². The second kappa shape index (κ2) is 8.42. The van der Waals surface area contributed by atoms with Gasteiger partial charge in [0.05, 0.1) is 26.9 Å². The average Bonchev–Trinajstić information content (AvgIpc) is 3.35. The molecule has 1 aliphatic rings. The molecule has 0 aliphatic heterocycles. The van der Waals surface area contributed by atoms with Gasteiger partial charge in [-0.25, -0.2) is 0 Å². The van der Waals surface area contributed by atoms with Crippen molar-refractivity contribution in [3.63, 3.8) is 0 Å². The fourth-order valence-corrected chi connectivity index (χ4v) is 2.07. The van der Waals surface area contributed by atoms with Crippen LogP contribution in [0.5, 0.6) is 11.5 Å². The maximum Gasteiger partial charge on any atom is 0.191 e. The van der Waals surface area contributed by atoms with E-state index in [4.69, 9.17) is 15.2 Å². The normalized spacial score (nSPS) is 15.7. The van der Waals surface area contributed by atoms with E-state index in [0.29, 0.717) is 29.1 Å². The Bertz CT molecular complexity index is 499. The van der Waals surface area contributed by atoms with Gasteiger partial charge in [0.25, 0.3) is 0 Å². The van der Waals surface area contributed by atoms with Gasteiger partial charge in [-0.3, -0.25) is 4.99 Å². The van der Waals surface area contributed by atoms with Crippen LogP contribution in [0, 0.1) is 0 Å². The van der Waals surface area contributed by atoms with Crippen molar-refractivity contribution in [1.82, 2.24) is 4.90 Å². The van der Waals surface area contributed by atoms with Crippen molar-refractivity contribution in [2.24, 2.45) is 10.7 Å². The molecule has 7 heteroatoms. The average molecular weight is 421 g/mol. The molecule has 124 valence electrons. The summed E-state index contributed by atoms with van der Waals surface area (Å²) >= 11 is 0. The molecule has 0 spiro atoms. The van der Waals surface area contributed by atoms with Gasteiger partial charge in [-0.1, -0.05) is 0 Å². The highest BCUT2D eigenvalue weighted by Crippen LogP contribution is 2.27. The van der Waals surface area contributed by atoms with E-state index in [1.54, 1.807) is 32.4 Å². The van der Waals surface area contributed by atoms with Crippen molar-refractivity contribution in [1.29, 1.82) is 0 Å². The third-order valence-corrected chi connectivity index (χ3v) is 3.64. The molecule has 1 fully saturated rings. The summed E-state index contributed by atoms with van der Waals surface area (Å²) in [6.45, 7) is 0.208. The second-order valence-electron chi connectivity index (χ2n) is 5.20. The first kappa shape index (κ1) is 18.8. The molecule has 0 heterocycles. The Hall–Kier alpha value is -1.22. The van der Waals surface area contributed by atoms with Gasteiger partial charge in [0.2, 0.25) is 0 Å². The Kier molecular flexibility index (Phi) is 7.21. The fraction of sp³-hybridized carbons (Fsp3) is 0.533. The van der Waals surface area contributed by atoms with E-state index in [1.165, 1.54) is 0 Å². The van der Waals surface area contributed by atoms with Crippen LogP contribution in [-0.4, -0.2) is 49.8 Å². The summed E-state index contributed by atoms with van der Waals surface area (Å²) in [5, 5.41) is 10.3. The van der Waals surface area contributed by atoms with E-state index in [9.17, 15) is 5.11 Å². The van der Waals surface area contributed by atoms with Gasteiger partial charge in [0.15, 0.2) is 5.96 Å². The van der Waals surface area contributed by atoms with Crippen molar-refractivity contribution < 1.29 is 14.6 Å². The minimum Gasteiger partial charge on any atom is -0.497 e. The summed E-state index contributed by atoms with van der Waals surface area (Å²) in [5.41, 5.74) is 6.60. The Balaban J connectivity index is 0.00000242. The number of nitrogens with two attached hydrogens (primary N) is 1. The molecule has 1 atom stereocenters. The number of halogens is 1. The van der Waals surface area contributed by atoms with Crippen LogP contribution >= 0.6 is 24.0 Å². The van der Waals surface area contributed by atoms with Crippen molar-refractivity contribution in [3.8, 4) is 11.5 Å². The summed E-state index contributed by atoms with van der Waals surface area (Å²) in [5.74, 6) is 1.73. The number of aliphatic imine (C=N–C) groups is 1. The molecular weight excluding hydrogens is 397 g/mol. The molecule has 2 rings (SSSR count). The van der Waals surface area contributed by atoms with Crippen molar-refractivity contribution in [2.75, 3.05) is 27.8 Å². The lowest BCUT2D eigenvalue weighted by Gasteiger charge is -2.18. The molecule has 22 heavy (non-hydrogen) atoms. The lowest BCUT2D eigenvalue weighted by molar-refractivity contribution is 0.186. The molecule has 0 bridgehead atoms. The van der Waals surface area contributed by atoms with Crippen LogP contribution in [0.2, 0.25) is 0 Å². The number of ether oxygens (including phenoxy) is 2. The van der Waals surface area contributed by atoms with Crippen LogP contribution in [0.3, 0.4) is 0 Å². The maximum absolute atomic E-state index is 10.3. The van der Waals surface area contributed by atoms with E-state index < -0.39 is 6.10 Å². The second-order valence-corrected chi connectivity index (χ2v) is 5.20. The monoisotopic (exact) mass is 421 g/mol. The Morgan fingerprint density at radius 1 is 1.32 bits per heavy atom. The van der Waals surface area contributed by atoms with Gasteiger partial charge >= 0.3 is 0 Å². The Morgan fingerprint density at radius 3 is 2.32 bits per heavy atom. The SMILES string of the molecule is COc1cc(OC)cc(C(O)CN=C(N)N(C)C2CC2)c1.I. The first-order chi connectivity index (χ1) is 10.0. The van der Waals surface area contributed by atoms with E-state index in [0.717, 1.165) is 12.8 Å². The van der Waals surface area contributed by atoms with Crippen LogP contribution in [-0.2, 0) is 0 Å². The molecule has 0 saturated heterocycles. The fourth-order valence-electron chi connectivity index (χ4n) is 2.07. The maximum atomic E-state index is 10.3. The number of rotatable bonds is 6. The number of aliphatic hydroxyl groups is 1. The van der Waals surface area contributed by atoms with Gasteiger partial charge < -0.3 is 25.2 Å². The van der Waals surface area contributed by atoms with Crippen LogP contribution in [0.4, 0.5) is 0 Å². The number of methoxy groups -OCH3 is 2. The zero-order valence-electron chi connectivity index (χ0n) is 13.2. The molecular formula is C15H24IN3O3. The zero-order chi connectivity index (χ0) is 15.4. The van der Waals surface area contributed by atoms with Gasteiger partial charge in [-0.2, -0.15) is 0 Å². The highest BCUT2D eigenvalue weighted by molar-refractivity contribution is 14.0. The number of benzene rings is 1. The van der Waals surface area contributed by atoms with Crippen LogP contribution < -0.4 is 15.2 Å².